The van der Waals surface area contributed by atoms with Crippen molar-refractivity contribution in [2.45, 2.75) is 39.5 Å². The lowest BCUT2D eigenvalue weighted by atomic mass is 10.1. The number of anilines is 1. The molecule has 0 saturated carbocycles. The fourth-order valence-electron chi connectivity index (χ4n) is 2.20. The van der Waals surface area contributed by atoms with Crippen molar-refractivity contribution >= 4 is 17.3 Å². The van der Waals surface area contributed by atoms with Crippen LogP contribution in [0.3, 0.4) is 0 Å². The summed E-state index contributed by atoms with van der Waals surface area (Å²) in [4.78, 5) is 23.9. The number of rotatable bonds is 9. The normalized spacial score (nSPS) is 10.4. The molecular formula is C15H22N2O4. The Balaban J connectivity index is 3.25. The highest BCUT2D eigenvalue weighted by atomic mass is 16.6. The van der Waals surface area contributed by atoms with Crippen molar-refractivity contribution < 1.29 is 14.8 Å². The Hall–Kier alpha value is -2.11. The van der Waals surface area contributed by atoms with Gasteiger partial charge in [0.1, 0.15) is 11.3 Å². The van der Waals surface area contributed by atoms with E-state index in [1.165, 1.54) is 6.07 Å². The first-order chi connectivity index (χ1) is 10.0. The van der Waals surface area contributed by atoms with E-state index in [1.807, 2.05) is 4.90 Å². The number of hydrogen-bond donors (Lipinski definition) is 1. The van der Waals surface area contributed by atoms with E-state index in [1.54, 1.807) is 12.1 Å². The Morgan fingerprint density at radius 3 is 2.24 bits per heavy atom. The van der Waals surface area contributed by atoms with Gasteiger partial charge in [-0.25, -0.2) is 4.79 Å². The molecule has 6 nitrogen and oxygen atoms in total. The summed E-state index contributed by atoms with van der Waals surface area (Å²) in [7, 11) is 0. The minimum atomic E-state index is -1.27. The molecule has 0 spiro atoms. The van der Waals surface area contributed by atoms with Gasteiger partial charge in [0.15, 0.2) is 0 Å². The molecule has 0 saturated heterocycles. The third-order valence-electron chi connectivity index (χ3n) is 3.33. The fourth-order valence-corrected chi connectivity index (χ4v) is 2.20. The summed E-state index contributed by atoms with van der Waals surface area (Å²) in [6.45, 7) is 5.50. The number of benzene rings is 1. The molecule has 21 heavy (non-hydrogen) atoms. The predicted molar refractivity (Wildman–Crippen MR) is 82.1 cm³/mol. The van der Waals surface area contributed by atoms with Crippen LogP contribution < -0.4 is 4.90 Å². The van der Waals surface area contributed by atoms with Crippen molar-refractivity contribution in [3.63, 3.8) is 0 Å². The summed E-state index contributed by atoms with van der Waals surface area (Å²) in [6, 6.07) is 4.48. The number of carboxylic acid groups (broad SMARTS) is 1. The minimum absolute atomic E-state index is 0.254. The second kappa shape index (κ2) is 8.24. The van der Waals surface area contributed by atoms with Crippen LogP contribution in [-0.2, 0) is 0 Å². The molecule has 0 radical (unpaired) electrons. The summed E-state index contributed by atoms with van der Waals surface area (Å²) < 4.78 is 0. The van der Waals surface area contributed by atoms with Crippen molar-refractivity contribution in [2.24, 2.45) is 0 Å². The number of aromatic carboxylic acids is 1. The Morgan fingerprint density at radius 1 is 1.24 bits per heavy atom. The lowest BCUT2D eigenvalue weighted by Crippen LogP contribution is -2.27. The lowest BCUT2D eigenvalue weighted by molar-refractivity contribution is -0.384. The fraction of sp³-hybridized carbons (Fsp3) is 0.533. The van der Waals surface area contributed by atoms with Gasteiger partial charge in [0.05, 0.1) is 4.92 Å². The van der Waals surface area contributed by atoms with Crippen LogP contribution in [0, 0.1) is 10.1 Å². The van der Waals surface area contributed by atoms with Gasteiger partial charge < -0.3 is 10.0 Å². The van der Waals surface area contributed by atoms with E-state index in [0.29, 0.717) is 18.8 Å². The molecule has 0 aliphatic rings. The zero-order valence-corrected chi connectivity index (χ0v) is 12.5. The van der Waals surface area contributed by atoms with Crippen molar-refractivity contribution in [1.82, 2.24) is 0 Å². The lowest BCUT2D eigenvalue weighted by Gasteiger charge is -2.24. The topological polar surface area (TPSA) is 83.7 Å². The SMILES string of the molecule is CCCCN(CCCC)c1cccc(C(=O)O)c1[N+](=O)[O-]. The summed E-state index contributed by atoms with van der Waals surface area (Å²) in [5.74, 6) is -1.27. The maximum Gasteiger partial charge on any atom is 0.342 e. The molecule has 1 aromatic carbocycles. The van der Waals surface area contributed by atoms with Gasteiger partial charge in [-0.15, -0.1) is 0 Å². The number of para-hydroxylation sites is 1. The average Bonchev–Trinajstić information content (AvgIpc) is 2.46. The van der Waals surface area contributed by atoms with Gasteiger partial charge in [0, 0.05) is 13.1 Å². The molecule has 0 fully saturated rings. The smallest absolute Gasteiger partial charge is 0.342 e. The molecule has 0 aliphatic carbocycles. The summed E-state index contributed by atoms with van der Waals surface area (Å²) in [5, 5.41) is 20.5. The molecule has 0 atom stereocenters. The second-order valence-corrected chi connectivity index (χ2v) is 4.93. The number of hydrogen-bond acceptors (Lipinski definition) is 4. The van der Waals surface area contributed by atoms with E-state index < -0.39 is 10.9 Å². The van der Waals surface area contributed by atoms with Crippen LogP contribution in [0.2, 0.25) is 0 Å². The highest BCUT2D eigenvalue weighted by Gasteiger charge is 2.26. The van der Waals surface area contributed by atoms with Crippen LogP contribution in [0.1, 0.15) is 49.9 Å². The first kappa shape index (κ1) is 16.9. The number of nitrogens with zero attached hydrogens (tertiary/aromatic N) is 2. The Kier molecular flexibility index (Phi) is 6.65. The zero-order chi connectivity index (χ0) is 15.8. The van der Waals surface area contributed by atoms with E-state index in [-0.39, 0.29) is 11.3 Å². The molecule has 1 rings (SSSR count). The number of unbranched alkanes of at least 4 members (excludes halogenated alkanes) is 2. The number of nitro groups is 1. The summed E-state index contributed by atoms with van der Waals surface area (Å²) >= 11 is 0. The first-order valence-electron chi connectivity index (χ1n) is 7.28. The van der Waals surface area contributed by atoms with Crippen molar-refractivity contribution in [3.8, 4) is 0 Å². The predicted octanol–water partition coefficient (Wildman–Crippen LogP) is 3.70. The van der Waals surface area contributed by atoms with Gasteiger partial charge in [-0.1, -0.05) is 32.8 Å². The number of carboxylic acids is 1. The molecule has 0 aliphatic heterocycles. The summed E-state index contributed by atoms with van der Waals surface area (Å²) in [6.07, 6.45) is 3.79. The molecule has 0 unspecified atom stereocenters. The highest BCUT2D eigenvalue weighted by molar-refractivity contribution is 5.95. The first-order valence-corrected chi connectivity index (χ1v) is 7.28. The van der Waals surface area contributed by atoms with Gasteiger partial charge in [-0.3, -0.25) is 10.1 Å². The molecule has 0 heterocycles. The standard InChI is InChI=1S/C15H22N2O4/c1-3-5-10-16(11-6-4-2)13-9-7-8-12(15(18)19)14(13)17(20)21/h7-9H,3-6,10-11H2,1-2H3,(H,18,19). The summed E-state index contributed by atoms with van der Waals surface area (Å²) in [5.41, 5.74) is -0.158. The van der Waals surface area contributed by atoms with E-state index in [9.17, 15) is 14.9 Å². The highest BCUT2D eigenvalue weighted by Crippen LogP contribution is 2.32. The molecular weight excluding hydrogens is 272 g/mol. The monoisotopic (exact) mass is 294 g/mol. The van der Waals surface area contributed by atoms with Gasteiger partial charge in [0.2, 0.25) is 0 Å². The van der Waals surface area contributed by atoms with Crippen LogP contribution in [0.25, 0.3) is 0 Å². The van der Waals surface area contributed by atoms with Crippen molar-refractivity contribution in [3.05, 3.63) is 33.9 Å². The Labute approximate surface area is 124 Å². The molecule has 1 N–H and O–H groups in total. The number of carbonyl (C=O) groups is 1. The molecule has 0 amide bonds. The van der Waals surface area contributed by atoms with Crippen LogP contribution in [0.5, 0.6) is 0 Å². The molecule has 1 aromatic rings. The van der Waals surface area contributed by atoms with E-state index >= 15 is 0 Å². The Morgan fingerprint density at radius 2 is 1.81 bits per heavy atom. The maximum absolute atomic E-state index is 11.3. The Bertz CT molecular complexity index is 494. The van der Waals surface area contributed by atoms with Crippen molar-refractivity contribution in [1.29, 1.82) is 0 Å². The minimum Gasteiger partial charge on any atom is -0.477 e. The quantitative estimate of drug-likeness (QED) is 0.554. The van der Waals surface area contributed by atoms with E-state index in [4.69, 9.17) is 5.11 Å². The van der Waals surface area contributed by atoms with Crippen LogP contribution in [0.4, 0.5) is 11.4 Å². The number of nitro benzene ring substituents is 1. The largest absolute Gasteiger partial charge is 0.477 e. The van der Waals surface area contributed by atoms with Gasteiger partial charge in [0.25, 0.3) is 0 Å². The van der Waals surface area contributed by atoms with E-state index in [0.717, 1.165) is 25.7 Å². The van der Waals surface area contributed by atoms with Gasteiger partial charge in [-0.2, -0.15) is 0 Å². The average molecular weight is 294 g/mol. The van der Waals surface area contributed by atoms with Crippen molar-refractivity contribution in [2.75, 3.05) is 18.0 Å². The molecule has 6 heteroatoms. The van der Waals surface area contributed by atoms with Crippen LogP contribution >= 0.6 is 0 Å². The van der Waals surface area contributed by atoms with Gasteiger partial charge >= 0.3 is 11.7 Å². The third-order valence-corrected chi connectivity index (χ3v) is 3.33. The maximum atomic E-state index is 11.3. The van der Waals surface area contributed by atoms with Crippen LogP contribution in [-0.4, -0.2) is 29.1 Å². The third kappa shape index (κ3) is 4.44. The molecule has 0 aromatic heterocycles. The second-order valence-electron chi connectivity index (χ2n) is 4.93. The van der Waals surface area contributed by atoms with E-state index in [2.05, 4.69) is 13.8 Å². The zero-order valence-electron chi connectivity index (χ0n) is 12.5. The van der Waals surface area contributed by atoms with Crippen LogP contribution in [0.15, 0.2) is 18.2 Å². The van der Waals surface area contributed by atoms with Gasteiger partial charge in [-0.05, 0) is 25.0 Å². The molecule has 0 bridgehead atoms. The molecule has 116 valence electrons.